The minimum absolute atomic E-state index is 0.567. The van der Waals surface area contributed by atoms with Crippen LogP contribution in [0.4, 0.5) is 0 Å². The minimum atomic E-state index is -0.589. The summed E-state index contributed by atoms with van der Waals surface area (Å²) in [6, 6.07) is 61.3. The van der Waals surface area contributed by atoms with Gasteiger partial charge >= 0.3 is 0 Å². The van der Waals surface area contributed by atoms with Crippen LogP contribution in [0, 0.1) is 46.3 Å². The highest BCUT2D eigenvalue weighted by atomic mass is 14.9. The normalized spacial score (nSPS) is 31.2. The third-order valence-electron chi connectivity index (χ3n) is 26.7. The lowest BCUT2D eigenvalue weighted by atomic mass is 9.47. The lowest BCUT2D eigenvalue weighted by Crippen LogP contribution is -2.48. The van der Waals surface area contributed by atoms with Crippen molar-refractivity contribution in [2.24, 2.45) is 23.7 Å². The van der Waals surface area contributed by atoms with E-state index in [-0.39, 0.29) is 0 Å². The minimum Gasteiger partial charge on any atom is -0.308 e. The van der Waals surface area contributed by atoms with Gasteiger partial charge in [-0.2, -0.15) is 10.5 Å². The highest BCUT2D eigenvalue weighted by Gasteiger charge is 2.59. The van der Waals surface area contributed by atoms with E-state index < -0.39 is 21.7 Å². The summed E-state index contributed by atoms with van der Waals surface area (Å²) in [5.74, 6) is 5.73. The Morgan fingerprint density at radius 3 is 1.00 bits per heavy atom. The van der Waals surface area contributed by atoms with E-state index in [1.54, 1.807) is 22.3 Å². The second-order valence-corrected chi connectivity index (χ2v) is 30.1. The summed E-state index contributed by atoms with van der Waals surface area (Å²) in [5.41, 5.74) is 24.7. The van der Waals surface area contributed by atoms with Gasteiger partial charge in [-0.1, -0.05) is 97.1 Å². The third-order valence-corrected chi connectivity index (χ3v) is 26.7. The van der Waals surface area contributed by atoms with Crippen LogP contribution in [-0.2, 0) is 21.7 Å². The molecule has 2 heterocycles. The Bertz CT molecular complexity index is 5250. The maximum Gasteiger partial charge on any atom is 0.0995 e. The molecule has 0 radical (unpaired) electrons. The molecule has 3 nitrogen and oxygen atoms in total. The summed E-state index contributed by atoms with van der Waals surface area (Å²) in [7, 11) is 0. The predicted octanol–water partition coefficient (Wildman–Crippen LogP) is 19.5. The van der Waals surface area contributed by atoms with Crippen molar-refractivity contribution in [2.75, 3.05) is 0 Å². The summed E-state index contributed by atoms with van der Waals surface area (Å²) in [6.07, 6.45) is 13.5. The SMILES string of the molecule is CC12c3ccccc3C(C)(c3ccccc31)c1c2c(C#N)cc2c1c1cc3c4cc5c(cc4c4cc6c(cc4c3c3c4c7c(c(C#N)cc4n2c13)C1(C)c2ccccc2C7(C)c2ccccc21)C1CC2CC(CC6C2)C1)C1CC2CC(C1)CC5C2. The topological polar surface area (TPSA) is 52.0 Å². The predicted molar refractivity (Wildman–Crippen MR) is 342 cm³/mol. The molecule has 0 saturated heterocycles. The first-order chi connectivity index (χ1) is 41.5. The van der Waals surface area contributed by atoms with Crippen LogP contribution >= 0.6 is 0 Å². The van der Waals surface area contributed by atoms with Gasteiger partial charge in [0.05, 0.1) is 39.8 Å². The van der Waals surface area contributed by atoms with Crippen molar-refractivity contribution in [3.05, 3.63) is 240 Å². The molecule has 14 aliphatic carbocycles. The maximum absolute atomic E-state index is 12.0. The second-order valence-electron chi connectivity index (χ2n) is 30.1. The molecule has 3 heteroatoms. The first kappa shape index (κ1) is 46.1. The zero-order chi connectivity index (χ0) is 55.8. The fraction of sp³-hybridized carbons (Fsp3) is 0.317. The lowest BCUT2D eigenvalue weighted by molar-refractivity contribution is 0.165. The molecule has 406 valence electrons. The van der Waals surface area contributed by atoms with Gasteiger partial charge in [-0.15, -0.1) is 0 Å². The van der Waals surface area contributed by atoms with Crippen LogP contribution in [0.2, 0.25) is 0 Å². The fourth-order valence-electron chi connectivity index (χ4n) is 24.0. The van der Waals surface area contributed by atoms with Gasteiger partial charge in [0.15, 0.2) is 0 Å². The summed E-state index contributed by atoms with van der Waals surface area (Å²) in [4.78, 5) is 0. The first-order valence-electron chi connectivity index (χ1n) is 32.5. The lowest BCUT2D eigenvalue weighted by Gasteiger charge is -2.55. The number of nitriles is 2. The number of aromatic nitrogens is 1. The van der Waals surface area contributed by atoms with Crippen LogP contribution in [0.5, 0.6) is 0 Å². The van der Waals surface area contributed by atoms with Crippen molar-refractivity contribution < 1.29 is 0 Å². The molecule has 12 bridgehead atoms. The molecule has 4 saturated carbocycles. The van der Waals surface area contributed by atoms with Crippen molar-refractivity contribution in [3.63, 3.8) is 0 Å². The Labute approximate surface area is 495 Å². The standard InChI is InChI=1S/C82H63N3/c1-79-60-13-5-9-17-64(60)81(3,65-18-10-6-14-61(65)79)76-71-59-37-58-56-34-51-45-25-40-21-41(26-45)24-44(23-40)50(51)33-54(56)55-35-52-46-27-42-22-43(28-46)30-47(29-42)53(52)36-57(55)70(58)73-72-69(85(78(59)73)68(71)31-48(38-83)74(76)79)32-49(39-84)75-77(72)82(4)66-19-11-7-15-62(66)80(75,2)63-16-8-12-20-67(63)82/h5-20,31-37,40-47H,21-30H2,1-4H3. The van der Waals surface area contributed by atoms with Gasteiger partial charge in [0.25, 0.3) is 0 Å². The molecular formula is C82H63N3. The molecular weight excluding hydrogens is 1030 g/mol. The Kier molecular flexibility index (Phi) is 7.88. The van der Waals surface area contributed by atoms with Gasteiger partial charge in [-0.05, 0) is 298 Å². The Balaban J connectivity index is 1.01. The number of hydrogen-bond acceptors (Lipinski definition) is 2. The molecule has 12 aromatic rings. The average Bonchev–Trinajstić information content (AvgIpc) is 1.65. The molecule has 0 amide bonds. The summed E-state index contributed by atoms with van der Waals surface area (Å²) in [6.45, 7) is 9.84. The van der Waals surface area contributed by atoms with Crippen molar-refractivity contribution in [1.29, 1.82) is 10.5 Å². The molecule has 14 aliphatic rings. The number of rotatable bonds is 0. The van der Waals surface area contributed by atoms with Crippen molar-refractivity contribution in [1.82, 2.24) is 4.40 Å². The average molecular weight is 1090 g/mol. The van der Waals surface area contributed by atoms with E-state index in [4.69, 9.17) is 0 Å². The first-order valence-corrected chi connectivity index (χ1v) is 32.5. The van der Waals surface area contributed by atoms with Crippen LogP contribution in [-0.4, -0.2) is 4.40 Å². The molecule has 10 aromatic carbocycles. The van der Waals surface area contributed by atoms with Crippen molar-refractivity contribution in [2.45, 2.75) is 137 Å². The van der Waals surface area contributed by atoms with E-state index in [1.165, 1.54) is 179 Å². The molecule has 26 rings (SSSR count). The smallest absolute Gasteiger partial charge is 0.0995 e. The van der Waals surface area contributed by atoms with E-state index >= 15 is 0 Å². The Morgan fingerprint density at radius 1 is 0.329 bits per heavy atom. The van der Waals surface area contributed by atoms with Gasteiger partial charge in [0.2, 0.25) is 0 Å². The van der Waals surface area contributed by atoms with Gasteiger partial charge in [-0.25, -0.2) is 0 Å². The van der Waals surface area contributed by atoms with Gasteiger partial charge in [-0.3, -0.25) is 0 Å². The Morgan fingerprint density at radius 2 is 0.635 bits per heavy atom. The van der Waals surface area contributed by atoms with E-state index in [1.807, 2.05) is 0 Å². The molecule has 0 N–H and O–H groups in total. The Hall–Kier alpha value is -8.24. The highest BCUT2D eigenvalue weighted by molar-refractivity contribution is 6.41. The van der Waals surface area contributed by atoms with Crippen LogP contribution in [0.1, 0.15) is 216 Å². The number of benzene rings is 10. The summed E-state index contributed by atoms with van der Waals surface area (Å²) < 4.78 is 2.61. The molecule has 85 heavy (non-hydrogen) atoms. The van der Waals surface area contributed by atoms with Gasteiger partial charge < -0.3 is 4.40 Å². The van der Waals surface area contributed by atoms with E-state index in [0.717, 1.165) is 57.0 Å². The molecule has 0 aliphatic heterocycles. The van der Waals surface area contributed by atoms with E-state index in [9.17, 15) is 10.5 Å². The van der Waals surface area contributed by atoms with E-state index in [2.05, 4.69) is 184 Å². The summed E-state index contributed by atoms with van der Waals surface area (Å²) >= 11 is 0. The van der Waals surface area contributed by atoms with Crippen molar-refractivity contribution >= 4 is 70.4 Å². The molecule has 4 fully saturated rings. The van der Waals surface area contributed by atoms with Crippen LogP contribution in [0.3, 0.4) is 0 Å². The zero-order valence-corrected chi connectivity index (χ0v) is 48.8. The van der Waals surface area contributed by atoms with E-state index in [0.29, 0.717) is 23.7 Å². The number of hydrogen-bond donors (Lipinski definition) is 0. The molecule has 4 unspecified atom stereocenters. The third kappa shape index (κ3) is 4.84. The zero-order valence-electron chi connectivity index (χ0n) is 48.8. The molecule has 4 atom stereocenters. The second kappa shape index (κ2) is 14.5. The van der Waals surface area contributed by atoms with Gasteiger partial charge in [0.1, 0.15) is 0 Å². The van der Waals surface area contributed by atoms with Crippen LogP contribution < -0.4 is 0 Å². The molecule has 2 aromatic heterocycles. The van der Waals surface area contributed by atoms with Gasteiger partial charge in [0, 0.05) is 48.6 Å². The summed E-state index contributed by atoms with van der Waals surface area (Å²) in [5, 5.41) is 37.7. The highest BCUT2D eigenvalue weighted by Crippen LogP contribution is 2.69. The largest absolute Gasteiger partial charge is 0.308 e. The monoisotopic (exact) mass is 1090 g/mol. The quantitative estimate of drug-likeness (QED) is 0.142. The van der Waals surface area contributed by atoms with Crippen LogP contribution in [0.25, 0.3) is 70.4 Å². The van der Waals surface area contributed by atoms with Crippen LogP contribution in [0.15, 0.2) is 140 Å². The number of fused-ring (bicyclic) bond motifs is 13. The fourth-order valence-corrected chi connectivity index (χ4v) is 24.0. The maximum atomic E-state index is 12.0. The van der Waals surface area contributed by atoms with Crippen molar-refractivity contribution in [3.8, 4) is 12.1 Å². The number of nitrogens with zero attached hydrogens (tertiary/aromatic N) is 3. The molecule has 0 spiro atoms.